The van der Waals surface area contributed by atoms with E-state index in [1.54, 1.807) is 0 Å². The van der Waals surface area contributed by atoms with Crippen LogP contribution in [0.1, 0.15) is 19.3 Å². The molecule has 0 aliphatic heterocycles. The lowest BCUT2D eigenvalue weighted by atomic mass is 10.1. The first-order valence-electron chi connectivity index (χ1n) is 3.98. The van der Waals surface area contributed by atoms with E-state index in [1.807, 2.05) is 0 Å². The van der Waals surface area contributed by atoms with Crippen LogP contribution in [0.2, 0.25) is 0 Å². The summed E-state index contributed by atoms with van der Waals surface area (Å²) in [4.78, 5) is 20.7. The maximum absolute atomic E-state index is 10.5. The summed E-state index contributed by atoms with van der Waals surface area (Å²) in [5.41, 5.74) is 15.4. The zero-order valence-corrected chi connectivity index (χ0v) is 7.27. The molecule has 0 fully saturated rings. The van der Waals surface area contributed by atoms with Gasteiger partial charge < -0.3 is 22.3 Å². The van der Waals surface area contributed by atoms with Gasteiger partial charge in [0.15, 0.2) is 0 Å². The highest BCUT2D eigenvalue weighted by molar-refractivity contribution is 5.79. The predicted molar refractivity (Wildman–Crippen MR) is 46.6 cm³/mol. The molecule has 7 N–H and O–H groups in total. The first-order chi connectivity index (χ1) is 5.95. The van der Waals surface area contributed by atoms with Crippen LogP contribution in [0.4, 0.5) is 0 Å². The van der Waals surface area contributed by atoms with Crippen LogP contribution in [0.25, 0.3) is 0 Å². The van der Waals surface area contributed by atoms with Crippen LogP contribution in [-0.4, -0.2) is 29.1 Å². The van der Waals surface area contributed by atoms with Gasteiger partial charge in [-0.1, -0.05) is 0 Å². The second-order valence-electron chi connectivity index (χ2n) is 2.88. The third kappa shape index (κ3) is 5.15. The van der Waals surface area contributed by atoms with Gasteiger partial charge in [-0.2, -0.15) is 0 Å². The van der Waals surface area contributed by atoms with Gasteiger partial charge in [0.1, 0.15) is 6.04 Å². The van der Waals surface area contributed by atoms with Crippen molar-refractivity contribution in [3.63, 3.8) is 0 Å². The fourth-order valence-electron chi connectivity index (χ4n) is 0.823. The molecule has 0 radical (unpaired) electrons. The number of hydrogen-bond donors (Lipinski definition) is 4. The van der Waals surface area contributed by atoms with E-state index in [2.05, 4.69) is 0 Å². The van der Waals surface area contributed by atoms with Crippen LogP contribution in [0, 0.1) is 0 Å². The van der Waals surface area contributed by atoms with Crippen LogP contribution in [0.3, 0.4) is 0 Å². The van der Waals surface area contributed by atoms with Gasteiger partial charge in [-0.05, 0) is 19.3 Å². The van der Waals surface area contributed by atoms with Crippen molar-refractivity contribution in [2.24, 2.45) is 17.2 Å². The third-order valence-corrected chi connectivity index (χ3v) is 1.71. The van der Waals surface area contributed by atoms with Gasteiger partial charge in [0.05, 0.1) is 6.04 Å². The number of carbonyl (C=O) groups excluding carboxylic acids is 1. The van der Waals surface area contributed by atoms with Gasteiger partial charge in [0, 0.05) is 0 Å². The molecule has 0 bridgehead atoms. The standard InChI is InChI=1S/C7H15N3O3/c8-4(6(10)11)2-1-3-5(9)7(12)13/h4-5H,1-3,8-9H2,(H2,10,11)(H,12,13)/t4-,5-/m0/s1. The molecule has 0 saturated heterocycles. The molecule has 2 atom stereocenters. The summed E-state index contributed by atoms with van der Waals surface area (Å²) in [7, 11) is 0. The summed E-state index contributed by atoms with van der Waals surface area (Å²) < 4.78 is 0. The summed E-state index contributed by atoms with van der Waals surface area (Å²) in [6, 6.07) is -1.60. The normalized spacial score (nSPS) is 14.9. The van der Waals surface area contributed by atoms with Crippen LogP contribution in [0.15, 0.2) is 0 Å². The lowest BCUT2D eigenvalue weighted by Gasteiger charge is -2.08. The molecule has 1 amide bonds. The second-order valence-corrected chi connectivity index (χ2v) is 2.88. The van der Waals surface area contributed by atoms with Gasteiger partial charge in [-0.25, -0.2) is 0 Å². The Bertz CT molecular complexity index is 175. The molecule has 0 spiro atoms. The number of carboxylic acids is 1. The van der Waals surface area contributed by atoms with Crippen molar-refractivity contribution in [1.29, 1.82) is 0 Å². The summed E-state index contributed by atoms with van der Waals surface area (Å²) in [5, 5.41) is 8.41. The molecule has 13 heavy (non-hydrogen) atoms. The molecule has 0 rings (SSSR count). The zero-order chi connectivity index (χ0) is 10.4. The molecule has 0 aromatic rings. The van der Waals surface area contributed by atoms with Crippen molar-refractivity contribution in [3.8, 4) is 0 Å². The number of rotatable bonds is 6. The quantitative estimate of drug-likeness (QED) is 0.398. The Kier molecular flexibility index (Phi) is 5.01. The lowest BCUT2D eigenvalue weighted by molar-refractivity contribution is -0.138. The van der Waals surface area contributed by atoms with Crippen molar-refractivity contribution in [2.45, 2.75) is 31.3 Å². The summed E-state index contributed by atoms with van der Waals surface area (Å²) in [6.07, 6.45) is 1.16. The second kappa shape index (κ2) is 5.50. The molecule has 0 aliphatic rings. The lowest BCUT2D eigenvalue weighted by Crippen LogP contribution is -2.37. The summed E-state index contributed by atoms with van der Waals surface area (Å²) >= 11 is 0. The topological polar surface area (TPSA) is 132 Å². The minimum absolute atomic E-state index is 0.302. The van der Waals surface area contributed by atoms with E-state index in [9.17, 15) is 9.59 Å². The van der Waals surface area contributed by atoms with E-state index < -0.39 is 24.0 Å². The number of amides is 1. The number of primary amides is 1. The highest BCUT2D eigenvalue weighted by atomic mass is 16.4. The van der Waals surface area contributed by atoms with E-state index >= 15 is 0 Å². The molecule has 0 unspecified atom stereocenters. The number of aliphatic carboxylic acids is 1. The van der Waals surface area contributed by atoms with Gasteiger partial charge in [0.25, 0.3) is 0 Å². The number of carboxylic acid groups (broad SMARTS) is 1. The minimum atomic E-state index is -1.05. The summed E-state index contributed by atoms with van der Waals surface area (Å²) in [5.74, 6) is -1.63. The third-order valence-electron chi connectivity index (χ3n) is 1.71. The molecule has 0 aliphatic carbocycles. The molecule has 76 valence electrons. The van der Waals surface area contributed by atoms with Crippen molar-refractivity contribution >= 4 is 11.9 Å². The average Bonchev–Trinajstić information content (AvgIpc) is 2.03. The molecular weight excluding hydrogens is 174 g/mol. The van der Waals surface area contributed by atoms with E-state index in [1.165, 1.54) is 0 Å². The Morgan fingerprint density at radius 1 is 1.15 bits per heavy atom. The monoisotopic (exact) mass is 189 g/mol. The Balaban J connectivity index is 3.56. The fourth-order valence-corrected chi connectivity index (χ4v) is 0.823. The van der Waals surface area contributed by atoms with E-state index in [-0.39, 0.29) is 0 Å². The Morgan fingerprint density at radius 2 is 1.62 bits per heavy atom. The SMILES string of the molecule is NC(=O)[C@@H](N)CCC[C@H](N)C(=O)O. The molecule has 6 nitrogen and oxygen atoms in total. The molecular formula is C7H15N3O3. The number of hydrogen-bond acceptors (Lipinski definition) is 4. The minimum Gasteiger partial charge on any atom is -0.480 e. The van der Waals surface area contributed by atoms with Crippen LogP contribution >= 0.6 is 0 Å². The van der Waals surface area contributed by atoms with Crippen molar-refractivity contribution in [1.82, 2.24) is 0 Å². The van der Waals surface area contributed by atoms with Gasteiger partial charge >= 0.3 is 5.97 Å². The number of nitrogens with two attached hydrogens (primary N) is 3. The average molecular weight is 189 g/mol. The Labute approximate surface area is 76.1 Å². The van der Waals surface area contributed by atoms with Crippen molar-refractivity contribution in [2.75, 3.05) is 0 Å². The smallest absolute Gasteiger partial charge is 0.320 e. The van der Waals surface area contributed by atoms with E-state index in [4.69, 9.17) is 22.3 Å². The van der Waals surface area contributed by atoms with Crippen molar-refractivity contribution in [3.05, 3.63) is 0 Å². The van der Waals surface area contributed by atoms with E-state index in [0.717, 1.165) is 0 Å². The van der Waals surface area contributed by atoms with Crippen LogP contribution in [0.5, 0.6) is 0 Å². The zero-order valence-electron chi connectivity index (χ0n) is 7.27. The van der Waals surface area contributed by atoms with Gasteiger partial charge in [-0.15, -0.1) is 0 Å². The fraction of sp³-hybridized carbons (Fsp3) is 0.714. The molecule has 0 aromatic heterocycles. The first kappa shape index (κ1) is 11.9. The van der Waals surface area contributed by atoms with Gasteiger partial charge in [-0.3, -0.25) is 9.59 Å². The highest BCUT2D eigenvalue weighted by Crippen LogP contribution is 2.01. The molecule has 0 heterocycles. The van der Waals surface area contributed by atoms with Gasteiger partial charge in [0.2, 0.25) is 5.91 Å². The summed E-state index contributed by atoms with van der Waals surface area (Å²) in [6.45, 7) is 0. The molecule has 0 aromatic carbocycles. The Morgan fingerprint density at radius 3 is 2.00 bits per heavy atom. The first-order valence-corrected chi connectivity index (χ1v) is 3.98. The molecule has 0 saturated carbocycles. The van der Waals surface area contributed by atoms with Crippen LogP contribution < -0.4 is 17.2 Å². The Hall–Kier alpha value is -1.14. The van der Waals surface area contributed by atoms with Crippen LogP contribution in [-0.2, 0) is 9.59 Å². The highest BCUT2D eigenvalue weighted by Gasteiger charge is 2.13. The maximum Gasteiger partial charge on any atom is 0.320 e. The van der Waals surface area contributed by atoms with Crippen molar-refractivity contribution < 1.29 is 14.7 Å². The predicted octanol–water partition coefficient (Wildman–Crippen LogP) is -1.62. The molecule has 6 heteroatoms. The maximum atomic E-state index is 10.5. The van der Waals surface area contributed by atoms with E-state index in [0.29, 0.717) is 19.3 Å². The number of carbonyl (C=O) groups is 2. The largest absolute Gasteiger partial charge is 0.480 e.